The monoisotopic (exact) mass is 300 g/mol. The normalized spacial score (nSPS) is 13.6. The second-order valence-electron chi connectivity index (χ2n) is 5.29. The van der Waals surface area contributed by atoms with Crippen molar-refractivity contribution in [2.45, 2.75) is 25.7 Å². The molecule has 0 atom stereocenters. The van der Waals surface area contributed by atoms with Crippen LogP contribution in [0.5, 0.6) is 11.5 Å². The molecule has 1 aliphatic carbocycles. The van der Waals surface area contributed by atoms with E-state index in [0.29, 0.717) is 16.3 Å². The van der Waals surface area contributed by atoms with Crippen LogP contribution in [0.4, 0.5) is 0 Å². The lowest BCUT2D eigenvalue weighted by Gasteiger charge is -2.17. The summed E-state index contributed by atoms with van der Waals surface area (Å²) in [5.74, 6) is 1.26. The molecule has 4 heteroatoms. The van der Waals surface area contributed by atoms with E-state index in [4.69, 9.17) is 27.5 Å². The molecule has 0 aromatic heterocycles. The number of ether oxygens (including phenoxy) is 1. The Kier molecular flexibility index (Phi) is 3.84. The zero-order chi connectivity index (χ0) is 14.8. The zero-order valence-corrected chi connectivity index (χ0v) is 12.4. The van der Waals surface area contributed by atoms with E-state index in [1.165, 1.54) is 24.0 Å². The summed E-state index contributed by atoms with van der Waals surface area (Å²) in [7, 11) is 0. The molecule has 0 amide bonds. The van der Waals surface area contributed by atoms with Gasteiger partial charge in [-0.05, 0) is 61.1 Å². The zero-order valence-electron chi connectivity index (χ0n) is 11.7. The molecule has 0 heterocycles. The Balaban J connectivity index is 1.93. The van der Waals surface area contributed by atoms with Gasteiger partial charge in [0.15, 0.2) is 0 Å². The number of benzene rings is 2. The van der Waals surface area contributed by atoms with Gasteiger partial charge in [-0.15, -0.1) is 0 Å². The van der Waals surface area contributed by atoms with Gasteiger partial charge in [-0.2, -0.15) is 0 Å². The molecule has 1 aliphatic rings. The fraction of sp³-hybridized carbons (Fsp3) is 0.235. The second kappa shape index (κ2) is 5.78. The number of nitrogens with one attached hydrogen (secondary N) is 1. The largest absolute Gasteiger partial charge is 0.457 e. The van der Waals surface area contributed by atoms with Crippen molar-refractivity contribution in [1.29, 1.82) is 5.41 Å². The van der Waals surface area contributed by atoms with Crippen molar-refractivity contribution < 1.29 is 4.74 Å². The second-order valence-corrected chi connectivity index (χ2v) is 5.73. The molecular weight excluding hydrogens is 284 g/mol. The lowest BCUT2D eigenvalue weighted by Crippen LogP contribution is -2.12. The summed E-state index contributed by atoms with van der Waals surface area (Å²) in [5.41, 5.74) is 8.90. The van der Waals surface area contributed by atoms with Gasteiger partial charge in [0.05, 0.1) is 5.56 Å². The predicted octanol–water partition coefficient (Wildman–Crippen LogP) is 4.30. The highest BCUT2D eigenvalue weighted by Crippen LogP contribution is 2.31. The molecule has 21 heavy (non-hydrogen) atoms. The lowest BCUT2D eigenvalue weighted by atomic mass is 9.92. The minimum atomic E-state index is -0.0281. The summed E-state index contributed by atoms with van der Waals surface area (Å²) in [4.78, 5) is 0. The number of rotatable bonds is 3. The summed E-state index contributed by atoms with van der Waals surface area (Å²) < 4.78 is 5.91. The smallest absolute Gasteiger partial charge is 0.139 e. The number of nitrogens with two attached hydrogens (primary N) is 1. The summed E-state index contributed by atoms with van der Waals surface area (Å²) >= 11 is 6.01. The first-order valence-corrected chi connectivity index (χ1v) is 7.45. The highest BCUT2D eigenvalue weighted by Gasteiger charge is 2.12. The molecule has 3 nitrogen and oxygen atoms in total. The average Bonchev–Trinajstić information content (AvgIpc) is 2.47. The van der Waals surface area contributed by atoms with Crippen LogP contribution >= 0.6 is 11.6 Å². The van der Waals surface area contributed by atoms with Crippen LogP contribution in [0.25, 0.3) is 0 Å². The third-order valence-corrected chi connectivity index (χ3v) is 4.02. The van der Waals surface area contributed by atoms with Crippen LogP contribution < -0.4 is 10.5 Å². The average molecular weight is 301 g/mol. The first-order chi connectivity index (χ1) is 10.1. The molecule has 0 radical (unpaired) electrons. The molecule has 0 bridgehead atoms. The van der Waals surface area contributed by atoms with Gasteiger partial charge in [-0.1, -0.05) is 17.7 Å². The SMILES string of the molecule is N=C(N)c1ccc(Cl)cc1Oc1ccc2c(c1)CCCC2. The Labute approximate surface area is 129 Å². The molecule has 0 spiro atoms. The Morgan fingerprint density at radius 3 is 2.57 bits per heavy atom. The van der Waals surface area contributed by atoms with E-state index in [1.54, 1.807) is 18.2 Å². The van der Waals surface area contributed by atoms with E-state index in [2.05, 4.69) is 12.1 Å². The van der Waals surface area contributed by atoms with Gasteiger partial charge in [-0.25, -0.2) is 0 Å². The Morgan fingerprint density at radius 1 is 1.05 bits per heavy atom. The van der Waals surface area contributed by atoms with Crippen molar-refractivity contribution in [1.82, 2.24) is 0 Å². The standard InChI is InChI=1S/C17H17ClN2O/c18-13-6-8-15(17(19)20)16(10-13)21-14-7-5-11-3-1-2-4-12(11)9-14/h5-10H,1-4H2,(H3,19,20). The molecule has 0 saturated carbocycles. The number of aryl methyl sites for hydroxylation is 2. The van der Waals surface area contributed by atoms with Gasteiger partial charge in [-0.3, -0.25) is 5.41 Å². The maximum Gasteiger partial charge on any atom is 0.139 e. The Bertz CT molecular complexity index is 697. The van der Waals surface area contributed by atoms with Crippen LogP contribution in [-0.2, 0) is 12.8 Å². The van der Waals surface area contributed by atoms with E-state index < -0.39 is 0 Å². The van der Waals surface area contributed by atoms with E-state index in [0.717, 1.165) is 18.6 Å². The van der Waals surface area contributed by atoms with E-state index in [-0.39, 0.29) is 5.84 Å². The lowest BCUT2D eigenvalue weighted by molar-refractivity contribution is 0.479. The van der Waals surface area contributed by atoms with Crippen molar-refractivity contribution in [2.75, 3.05) is 0 Å². The van der Waals surface area contributed by atoms with Crippen LogP contribution in [0, 0.1) is 5.41 Å². The maximum atomic E-state index is 7.62. The van der Waals surface area contributed by atoms with Crippen molar-refractivity contribution in [3.05, 3.63) is 58.1 Å². The first-order valence-electron chi connectivity index (χ1n) is 7.07. The Hall–Kier alpha value is -2.00. The van der Waals surface area contributed by atoms with Crippen LogP contribution in [0.15, 0.2) is 36.4 Å². The fourth-order valence-corrected chi connectivity index (χ4v) is 2.87. The third-order valence-electron chi connectivity index (χ3n) is 3.78. The molecular formula is C17H17ClN2O. The van der Waals surface area contributed by atoms with Crippen LogP contribution in [0.2, 0.25) is 5.02 Å². The van der Waals surface area contributed by atoms with Crippen molar-refractivity contribution >= 4 is 17.4 Å². The van der Waals surface area contributed by atoms with Crippen LogP contribution in [0.1, 0.15) is 29.5 Å². The topological polar surface area (TPSA) is 59.1 Å². The number of fused-ring (bicyclic) bond motifs is 1. The van der Waals surface area contributed by atoms with E-state index in [9.17, 15) is 0 Å². The summed E-state index contributed by atoms with van der Waals surface area (Å²) in [6.45, 7) is 0. The molecule has 2 aromatic carbocycles. The van der Waals surface area contributed by atoms with E-state index in [1.807, 2.05) is 6.07 Å². The number of nitrogen functional groups attached to an aromatic ring is 1. The summed E-state index contributed by atoms with van der Waals surface area (Å²) in [5, 5.41) is 8.18. The van der Waals surface area contributed by atoms with Gasteiger partial charge in [0.25, 0.3) is 0 Å². The number of amidine groups is 1. The van der Waals surface area contributed by atoms with Crippen molar-refractivity contribution in [3.63, 3.8) is 0 Å². The predicted molar refractivity (Wildman–Crippen MR) is 85.6 cm³/mol. The minimum absolute atomic E-state index is 0.0281. The molecule has 3 N–H and O–H groups in total. The molecule has 3 rings (SSSR count). The fourth-order valence-electron chi connectivity index (χ4n) is 2.70. The molecule has 0 fully saturated rings. The highest BCUT2D eigenvalue weighted by molar-refractivity contribution is 6.30. The van der Waals surface area contributed by atoms with Crippen LogP contribution in [0.3, 0.4) is 0 Å². The van der Waals surface area contributed by atoms with Gasteiger partial charge in [0, 0.05) is 11.1 Å². The molecule has 0 unspecified atom stereocenters. The molecule has 2 aromatic rings. The van der Waals surface area contributed by atoms with Gasteiger partial charge < -0.3 is 10.5 Å². The summed E-state index contributed by atoms with van der Waals surface area (Å²) in [6, 6.07) is 11.3. The minimum Gasteiger partial charge on any atom is -0.457 e. The van der Waals surface area contributed by atoms with Crippen molar-refractivity contribution in [3.8, 4) is 11.5 Å². The molecule has 108 valence electrons. The summed E-state index contributed by atoms with van der Waals surface area (Å²) in [6.07, 6.45) is 4.73. The Morgan fingerprint density at radius 2 is 1.81 bits per heavy atom. The quantitative estimate of drug-likeness (QED) is 0.656. The van der Waals surface area contributed by atoms with Crippen molar-refractivity contribution in [2.24, 2.45) is 5.73 Å². The first kappa shape index (κ1) is 14.0. The number of hydrogen-bond acceptors (Lipinski definition) is 2. The van der Waals surface area contributed by atoms with Gasteiger partial charge in [0.1, 0.15) is 17.3 Å². The molecule has 0 aliphatic heterocycles. The van der Waals surface area contributed by atoms with Gasteiger partial charge in [0.2, 0.25) is 0 Å². The number of hydrogen-bond donors (Lipinski definition) is 2. The maximum absolute atomic E-state index is 7.62. The molecule has 0 saturated heterocycles. The third kappa shape index (κ3) is 3.03. The highest BCUT2D eigenvalue weighted by atomic mass is 35.5. The van der Waals surface area contributed by atoms with Crippen LogP contribution in [-0.4, -0.2) is 5.84 Å². The van der Waals surface area contributed by atoms with E-state index >= 15 is 0 Å². The van der Waals surface area contributed by atoms with Gasteiger partial charge >= 0.3 is 0 Å². The number of halogens is 1.